The lowest BCUT2D eigenvalue weighted by molar-refractivity contribution is 0.102. The van der Waals surface area contributed by atoms with Crippen LogP contribution in [0.5, 0.6) is 0 Å². The maximum absolute atomic E-state index is 12.4. The van der Waals surface area contributed by atoms with E-state index in [1.165, 1.54) is 6.20 Å². The third-order valence-electron chi connectivity index (χ3n) is 4.27. The highest BCUT2D eigenvalue weighted by atomic mass is 16.1. The van der Waals surface area contributed by atoms with Crippen LogP contribution < -0.4 is 10.6 Å². The molecule has 0 saturated carbocycles. The van der Waals surface area contributed by atoms with Gasteiger partial charge in [-0.2, -0.15) is 0 Å². The van der Waals surface area contributed by atoms with Gasteiger partial charge in [0.05, 0.1) is 12.4 Å². The van der Waals surface area contributed by atoms with E-state index < -0.39 is 0 Å². The van der Waals surface area contributed by atoms with Crippen molar-refractivity contribution < 1.29 is 4.79 Å². The van der Waals surface area contributed by atoms with Crippen LogP contribution >= 0.6 is 0 Å². The third-order valence-corrected chi connectivity index (χ3v) is 4.27. The van der Waals surface area contributed by atoms with Crippen molar-refractivity contribution in [2.24, 2.45) is 0 Å². The van der Waals surface area contributed by atoms with Gasteiger partial charge in [0, 0.05) is 11.4 Å². The Balaban J connectivity index is 1.74. The number of amides is 1. The molecule has 0 spiro atoms. The molecule has 2 aromatic carbocycles. The minimum absolute atomic E-state index is 0.267. The van der Waals surface area contributed by atoms with Gasteiger partial charge in [0.1, 0.15) is 11.5 Å². The molecule has 0 saturated heterocycles. The molecule has 0 aliphatic heterocycles. The Hall–Kier alpha value is -3.21. The smallest absolute Gasteiger partial charge is 0.275 e. The number of aryl methyl sites for hydroxylation is 3. The maximum atomic E-state index is 12.4. The molecular weight excluding hydrogens is 324 g/mol. The van der Waals surface area contributed by atoms with Crippen LogP contribution in [0, 0.1) is 13.8 Å². The van der Waals surface area contributed by atoms with Gasteiger partial charge >= 0.3 is 0 Å². The molecule has 26 heavy (non-hydrogen) atoms. The predicted octanol–water partition coefficient (Wildman–Crippen LogP) is 4.65. The first-order valence-corrected chi connectivity index (χ1v) is 8.63. The van der Waals surface area contributed by atoms with Crippen LogP contribution in [-0.2, 0) is 6.42 Å². The lowest BCUT2D eigenvalue weighted by atomic mass is 10.1. The molecule has 0 bridgehead atoms. The number of rotatable bonds is 5. The summed E-state index contributed by atoms with van der Waals surface area (Å²) in [4.78, 5) is 21.0. The summed E-state index contributed by atoms with van der Waals surface area (Å²) in [6, 6.07) is 13.8. The Labute approximate surface area is 153 Å². The Kier molecular flexibility index (Phi) is 5.27. The zero-order valence-corrected chi connectivity index (χ0v) is 15.2. The highest BCUT2D eigenvalue weighted by Crippen LogP contribution is 2.23. The van der Waals surface area contributed by atoms with Gasteiger partial charge in [-0.25, -0.2) is 9.97 Å². The fourth-order valence-electron chi connectivity index (χ4n) is 2.79. The number of nitrogens with one attached hydrogen (secondary N) is 2. The average Bonchev–Trinajstić information content (AvgIpc) is 2.66. The first kappa shape index (κ1) is 17.6. The van der Waals surface area contributed by atoms with Gasteiger partial charge in [-0.05, 0) is 43.0 Å². The van der Waals surface area contributed by atoms with Crippen molar-refractivity contribution in [1.29, 1.82) is 0 Å². The number of carbonyl (C=O) groups is 1. The van der Waals surface area contributed by atoms with E-state index in [1.54, 1.807) is 6.20 Å². The number of hydrogen-bond acceptors (Lipinski definition) is 4. The Bertz CT molecular complexity index is 899. The number of anilines is 3. The number of benzene rings is 2. The van der Waals surface area contributed by atoms with Crippen LogP contribution in [0.3, 0.4) is 0 Å². The van der Waals surface area contributed by atoms with Crippen molar-refractivity contribution in [3.8, 4) is 0 Å². The van der Waals surface area contributed by atoms with Gasteiger partial charge in [0.2, 0.25) is 0 Å². The fourth-order valence-corrected chi connectivity index (χ4v) is 2.79. The van der Waals surface area contributed by atoms with Crippen LogP contribution in [0.25, 0.3) is 0 Å². The second-order valence-corrected chi connectivity index (χ2v) is 6.14. The van der Waals surface area contributed by atoms with Gasteiger partial charge in [0.15, 0.2) is 0 Å². The monoisotopic (exact) mass is 346 g/mol. The van der Waals surface area contributed by atoms with Crippen LogP contribution in [0.15, 0.2) is 54.9 Å². The van der Waals surface area contributed by atoms with Crippen molar-refractivity contribution in [2.75, 3.05) is 10.6 Å². The lowest BCUT2D eigenvalue weighted by Crippen LogP contribution is -2.15. The normalized spacial score (nSPS) is 10.4. The maximum Gasteiger partial charge on any atom is 0.275 e. The van der Waals surface area contributed by atoms with Gasteiger partial charge in [0.25, 0.3) is 5.91 Å². The third kappa shape index (κ3) is 3.88. The predicted molar refractivity (Wildman–Crippen MR) is 105 cm³/mol. The van der Waals surface area contributed by atoms with Crippen LogP contribution in [-0.4, -0.2) is 15.9 Å². The van der Waals surface area contributed by atoms with E-state index in [-0.39, 0.29) is 11.6 Å². The minimum atomic E-state index is -0.267. The van der Waals surface area contributed by atoms with Gasteiger partial charge in [-0.1, -0.05) is 43.3 Å². The molecule has 0 aliphatic rings. The molecule has 132 valence electrons. The molecule has 2 N–H and O–H groups in total. The molecular formula is C21H22N4O. The van der Waals surface area contributed by atoms with Gasteiger partial charge < -0.3 is 10.6 Å². The highest BCUT2D eigenvalue weighted by molar-refractivity contribution is 6.03. The van der Waals surface area contributed by atoms with Crippen LogP contribution in [0.4, 0.5) is 17.2 Å². The highest BCUT2D eigenvalue weighted by Gasteiger charge is 2.11. The van der Waals surface area contributed by atoms with E-state index in [9.17, 15) is 4.79 Å². The molecule has 5 nitrogen and oxygen atoms in total. The Morgan fingerprint density at radius 3 is 2.35 bits per heavy atom. The molecule has 0 fully saturated rings. The summed E-state index contributed by atoms with van der Waals surface area (Å²) in [5, 5.41) is 6.17. The summed E-state index contributed by atoms with van der Waals surface area (Å²) in [5.41, 5.74) is 5.44. The number of aromatic nitrogens is 2. The fraction of sp³-hybridized carbons (Fsp3) is 0.190. The van der Waals surface area contributed by atoms with E-state index in [0.29, 0.717) is 5.82 Å². The number of para-hydroxylation sites is 2. The number of nitrogens with zero attached hydrogens (tertiary/aromatic N) is 2. The molecule has 3 aromatic rings. The van der Waals surface area contributed by atoms with Gasteiger partial charge in [-0.15, -0.1) is 0 Å². The van der Waals surface area contributed by atoms with E-state index in [0.717, 1.165) is 34.5 Å². The molecule has 0 unspecified atom stereocenters. The topological polar surface area (TPSA) is 66.9 Å². The number of carbonyl (C=O) groups excluding carboxylic acids is 1. The minimum Gasteiger partial charge on any atom is -0.339 e. The summed E-state index contributed by atoms with van der Waals surface area (Å²) in [6.07, 6.45) is 3.91. The van der Waals surface area contributed by atoms with Crippen molar-refractivity contribution in [3.63, 3.8) is 0 Å². The Morgan fingerprint density at radius 1 is 0.962 bits per heavy atom. The van der Waals surface area contributed by atoms with E-state index >= 15 is 0 Å². The first-order chi connectivity index (χ1) is 12.6. The Morgan fingerprint density at radius 2 is 1.69 bits per heavy atom. The number of hydrogen-bond donors (Lipinski definition) is 2. The molecule has 1 amide bonds. The summed E-state index contributed by atoms with van der Waals surface area (Å²) in [7, 11) is 0. The molecule has 3 rings (SSSR count). The quantitative estimate of drug-likeness (QED) is 0.705. The van der Waals surface area contributed by atoms with Crippen molar-refractivity contribution >= 4 is 23.1 Å². The summed E-state index contributed by atoms with van der Waals surface area (Å²) >= 11 is 0. The summed E-state index contributed by atoms with van der Waals surface area (Å²) < 4.78 is 0. The molecule has 0 atom stereocenters. The lowest BCUT2D eigenvalue weighted by Gasteiger charge is -2.12. The summed E-state index contributed by atoms with van der Waals surface area (Å²) in [5.74, 6) is 0.338. The standard InChI is InChI=1S/C21H22N4O/c1-4-16-10-5-6-11-17(16)24-21(26)18-12-23-19(13-22-18)25-20-14(2)8-7-9-15(20)3/h5-13H,4H2,1-3H3,(H,23,25)(H,24,26). The van der Waals surface area contributed by atoms with Crippen molar-refractivity contribution in [1.82, 2.24) is 9.97 Å². The summed E-state index contributed by atoms with van der Waals surface area (Å²) in [6.45, 7) is 6.13. The zero-order valence-electron chi connectivity index (χ0n) is 15.2. The van der Waals surface area contributed by atoms with E-state index in [1.807, 2.05) is 56.3 Å². The molecule has 0 radical (unpaired) electrons. The largest absolute Gasteiger partial charge is 0.339 e. The first-order valence-electron chi connectivity index (χ1n) is 8.63. The van der Waals surface area contributed by atoms with Gasteiger partial charge in [-0.3, -0.25) is 4.79 Å². The van der Waals surface area contributed by atoms with Crippen molar-refractivity contribution in [3.05, 3.63) is 77.2 Å². The average molecular weight is 346 g/mol. The second-order valence-electron chi connectivity index (χ2n) is 6.14. The van der Waals surface area contributed by atoms with E-state index in [2.05, 4.69) is 27.5 Å². The SMILES string of the molecule is CCc1ccccc1NC(=O)c1cnc(Nc2c(C)cccc2C)cn1. The van der Waals surface area contributed by atoms with Crippen LogP contribution in [0.2, 0.25) is 0 Å². The molecule has 1 heterocycles. The zero-order chi connectivity index (χ0) is 18.5. The second kappa shape index (κ2) is 7.78. The van der Waals surface area contributed by atoms with E-state index in [4.69, 9.17) is 0 Å². The van der Waals surface area contributed by atoms with Crippen LogP contribution in [0.1, 0.15) is 34.1 Å². The molecule has 1 aromatic heterocycles. The van der Waals surface area contributed by atoms with Crippen molar-refractivity contribution in [2.45, 2.75) is 27.2 Å². The molecule has 0 aliphatic carbocycles. The molecule has 5 heteroatoms.